The van der Waals surface area contributed by atoms with Crippen LogP contribution < -0.4 is 21.1 Å². The van der Waals surface area contributed by atoms with Crippen LogP contribution in [0, 0.1) is 0 Å². The van der Waals surface area contributed by atoms with Crippen molar-refractivity contribution in [3.05, 3.63) is 68.5 Å². The number of allylic oxidation sites excluding steroid dienone is 8. The van der Waals surface area contributed by atoms with Gasteiger partial charge in [-0.2, -0.15) is 0 Å². The zero-order chi connectivity index (χ0) is 18.5. The Bertz CT molecular complexity index is 1010. The van der Waals surface area contributed by atoms with Crippen molar-refractivity contribution in [2.45, 2.75) is 53.4 Å². The van der Waals surface area contributed by atoms with E-state index in [2.05, 4.69) is 92.9 Å². The molecule has 2 aliphatic carbocycles. The Balaban J connectivity index is 2.43. The number of fused-ring (bicyclic) bond motifs is 1. The Morgan fingerprint density at radius 1 is 0.962 bits per heavy atom. The Morgan fingerprint density at radius 3 is 2.35 bits per heavy atom. The quantitative estimate of drug-likeness (QED) is 0.585. The molecule has 0 unspecified atom stereocenters. The molecule has 0 bridgehead atoms. The summed E-state index contributed by atoms with van der Waals surface area (Å²) < 4.78 is 2.57. The lowest BCUT2D eigenvalue weighted by molar-refractivity contribution is 1.01. The molecule has 1 aromatic heterocycles. The van der Waals surface area contributed by atoms with Crippen molar-refractivity contribution in [2.24, 2.45) is 0 Å². The second kappa shape index (κ2) is 8.44. The fraction of sp³-hybridized carbons (Fsp3) is 0.333. The standard InChI is InChI=1S/C24H30BN/c1-5-14-19(6-2)25(20-15-10-9-11-16-20)26-23(8-4)21(7-3)22-17-12-13-18-24(22)26/h5-8,10,14-18H,9,11-13H2,1-4H3/b14-5-,19-6+,21-7-,23-8+. The fourth-order valence-electron chi connectivity index (χ4n) is 4.28. The monoisotopic (exact) mass is 343 g/mol. The van der Waals surface area contributed by atoms with Crippen LogP contribution in [0.15, 0.2) is 47.4 Å². The fourth-order valence-corrected chi connectivity index (χ4v) is 4.28. The van der Waals surface area contributed by atoms with E-state index in [9.17, 15) is 0 Å². The minimum absolute atomic E-state index is 0.226. The first-order valence-electron chi connectivity index (χ1n) is 9.95. The highest BCUT2D eigenvalue weighted by Gasteiger charge is 2.26. The van der Waals surface area contributed by atoms with Gasteiger partial charge in [-0.25, -0.2) is 0 Å². The molecule has 1 nitrogen and oxygen atoms in total. The topological polar surface area (TPSA) is 4.93 Å². The summed E-state index contributed by atoms with van der Waals surface area (Å²) in [6.07, 6.45) is 27.7. The first-order chi connectivity index (χ1) is 12.8. The first kappa shape index (κ1) is 18.6. The third-order valence-electron chi connectivity index (χ3n) is 5.38. The third-order valence-corrected chi connectivity index (χ3v) is 5.38. The van der Waals surface area contributed by atoms with Gasteiger partial charge in [0.05, 0.1) is 0 Å². The van der Waals surface area contributed by atoms with Gasteiger partial charge in [0.1, 0.15) is 0 Å². The predicted molar refractivity (Wildman–Crippen MR) is 118 cm³/mol. The van der Waals surface area contributed by atoms with Gasteiger partial charge in [-0.15, -0.1) is 0 Å². The van der Waals surface area contributed by atoms with Crippen molar-refractivity contribution < 1.29 is 0 Å². The van der Waals surface area contributed by atoms with E-state index in [0.717, 1.165) is 25.7 Å². The van der Waals surface area contributed by atoms with Crippen molar-refractivity contribution >= 4 is 31.2 Å². The summed E-state index contributed by atoms with van der Waals surface area (Å²) in [7, 11) is 0. The van der Waals surface area contributed by atoms with Gasteiger partial charge in [-0.3, -0.25) is 0 Å². The number of hydrogen-bond acceptors (Lipinski definition) is 0. The van der Waals surface area contributed by atoms with Crippen LogP contribution in [0.5, 0.6) is 0 Å². The highest BCUT2D eigenvalue weighted by Crippen LogP contribution is 2.18. The van der Waals surface area contributed by atoms with E-state index in [1.54, 1.807) is 0 Å². The van der Waals surface area contributed by atoms with Gasteiger partial charge in [0.25, 0.3) is 0 Å². The van der Waals surface area contributed by atoms with Gasteiger partial charge < -0.3 is 4.48 Å². The Labute approximate surface area is 157 Å². The molecule has 0 spiro atoms. The average molecular weight is 343 g/mol. The Kier molecular flexibility index (Phi) is 6.03. The average Bonchev–Trinajstić information content (AvgIpc) is 3.01. The lowest BCUT2D eigenvalue weighted by atomic mass is 9.48. The van der Waals surface area contributed by atoms with Crippen molar-refractivity contribution in [1.82, 2.24) is 4.48 Å². The molecule has 0 amide bonds. The van der Waals surface area contributed by atoms with Gasteiger partial charge in [0, 0.05) is 21.1 Å². The van der Waals surface area contributed by atoms with E-state index < -0.39 is 0 Å². The van der Waals surface area contributed by atoms with Crippen molar-refractivity contribution in [3.8, 4) is 0 Å². The number of rotatable bonds is 4. The molecule has 0 radical (unpaired) electrons. The van der Waals surface area contributed by atoms with E-state index in [4.69, 9.17) is 0 Å². The van der Waals surface area contributed by atoms with E-state index in [1.165, 1.54) is 32.1 Å². The lowest BCUT2D eigenvalue weighted by Gasteiger charge is -2.21. The molecule has 26 heavy (non-hydrogen) atoms. The molecule has 0 saturated heterocycles. The second-order valence-corrected chi connectivity index (χ2v) is 6.91. The summed E-state index contributed by atoms with van der Waals surface area (Å²) >= 11 is 0. The Morgan fingerprint density at radius 2 is 1.73 bits per heavy atom. The normalized spacial score (nSPS) is 18.6. The maximum Gasteiger partial charge on any atom is 0.327 e. The summed E-state index contributed by atoms with van der Waals surface area (Å²) in [6, 6.07) is 0. The summed E-state index contributed by atoms with van der Waals surface area (Å²) in [5, 5.41) is 5.50. The minimum atomic E-state index is 0.226. The second-order valence-electron chi connectivity index (χ2n) is 6.91. The molecule has 0 aromatic carbocycles. The van der Waals surface area contributed by atoms with E-state index in [1.807, 2.05) is 0 Å². The lowest BCUT2D eigenvalue weighted by Crippen LogP contribution is -2.46. The van der Waals surface area contributed by atoms with E-state index in [-0.39, 0.29) is 6.85 Å². The molecular weight excluding hydrogens is 313 g/mol. The van der Waals surface area contributed by atoms with Crippen LogP contribution in [0.3, 0.4) is 0 Å². The number of hydrogen-bond donors (Lipinski definition) is 0. The van der Waals surface area contributed by atoms with Crippen LogP contribution >= 0.6 is 0 Å². The molecule has 0 fully saturated rings. The molecule has 2 aliphatic rings. The number of aromatic nitrogens is 1. The van der Waals surface area contributed by atoms with Gasteiger partial charge in [-0.1, -0.05) is 71.7 Å². The summed E-state index contributed by atoms with van der Waals surface area (Å²) in [5.74, 6) is 0. The third kappa shape index (κ3) is 3.25. The van der Waals surface area contributed by atoms with Crippen molar-refractivity contribution in [1.29, 1.82) is 0 Å². The molecule has 2 heteroatoms. The van der Waals surface area contributed by atoms with Crippen LogP contribution in [-0.2, 0) is 0 Å². The van der Waals surface area contributed by atoms with Gasteiger partial charge >= 0.3 is 6.85 Å². The smallest absolute Gasteiger partial charge is 0.327 e. The molecule has 1 aromatic rings. The maximum absolute atomic E-state index is 2.57. The van der Waals surface area contributed by atoms with Crippen LogP contribution in [0.4, 0.5) is 0 Å². The van der Waals surface area contributed by atoms with E-state index >= 15 is 0 Å². The largest absolute Gasteiger partial charge is 0.377 e. The Hall–Kier alpha value is -2.22. The van der Waals surface area contributed by atoms with Crippen molar-refractivity contribution in [3.63, 3.8) is 0 Å². The molecule has 3 rings (SSSR count). The van der Waals surface area contributed by atoms with Crippen LogP contribution in [0.25, 0.3) is 24.3 Å². The van der Waals surface area contributed by atoms with Crippen molar-refractivity contribution in [2.75, 3.05) is 0 Å². The predicted octanol–water partition coefficient (Wildman–Crippen LogP) is 3.16. The van der Waals surface area contributed by atoms with Gasteiger partial charge in [0.15, 0.2) is 0 Å². The number of nitrogens with zero attached hydrogens (tertiary/aromatic N) is 1. The van der Waals surface area contributed by atoms with Crippen LogP contribution in [0.1, 0.15) is 53.4 Å². The molecule has 1 heterocycles. The van der Waals surface area contributed by atoms with E-state index in [0.29, 0.717) is 0 Å². The molecule has 0 aliphatic heterocycles. The zero-order valence-corrected chi connectivity index (χ0v) is 16.6. The highest BCUT2D eigenvalue weighted by atomic mass is 14.9. The molecule has 0 atom stereocenters. The summed E-state index contributed by atoms with van der Waals surface area (Å²) in [4.78, 5) is 0. The zero-order valence-electron chi connectivity index (χ0n) is 16.6. The van der Waals surface area contributed by atoms with Gasteiger partial charge in [-0.05, 0) is 53.4 Å². The molecule has 0 N–H and O–H groups in total. The van der Waals surface area contributed by atoms with Gasteiger partial charge in [0.2, 0.25) is 0 Å². The molecule has 0 saturated carbocycles. The van der Waals surface area contributed by atoms with Crippen LogP contribution in [-0.4, -0.2) is 11.3 Å². The summed E-state index contributed by atoms with van der Waals surface area (Å²) in [6.45, 7) is 8.81. The highest BCUT2D eigenvalue weighted by molar-refractivity contribution is 6.74. The minimum Gasteiger partial charge on any atom is -0.377 e. The first-order valence-corrected chi connectivity index (χ1v) is 9.95. The summed E-state index contributed by atoms with van der Waals surface area (Å²) in [5.41, 5.74) is 2.76. The maximum atomic E-state index is 2.57. The SMILES string of the molecule is C/C=C\C(=C/C)B(C1=CCCC=C1)n1c2c(c(=C/C)/c1=C\C)=CCCC=2. The van der Waals surface area contributed by atoms with Crippen LogP contribution in [0.2, 0.25) is 0 Å². The molecular formula is C24H30BN. The molecule has 134 valence electrons.